The molecule has 1 heterocycles. The Balaban J connectivity index is 2.23. The monoisotopic (exact) mass is 265 g/mol. The number of benzene rings is 1. The molecular formula is C12H15N3O2S. The first-order valence-electron chi connectivity index (χ1n) is 5.51. The van der Waals surface area contributed by atoms with E-state index < -0.39 is 10.0 Å². The summed E-state index contributed by atoms with van der Waals surface area (Å²) in [7, 11) is -2.04. The van der Waals surface area contributed by atoms with Gasteiger partial charge >= 0.3 is 0 Å². The Labute approximate surface area is 106 Å². The first-order valence-corrected chi connectivity index (χ1v) is 7.00. The van der Waals surface area contributed by atoms with Crippen LogP contribution in [0.25, 0.3) is 0 Å². The first-order chi connectivity index (χ1) is 8.63. The predicted octanol–water partition coefficient (Wildman–Crippen LogP) is 1.53. The van der Waals surface area contributed by atoms with Gasteiger partial charge in [-0.05, 0) is 30.8 Å². The number of nitrogens with one attached hydrogen (secondary N) is 3. The van der Waals surface area contributed by atoms with Crippen LogP contribution in [-0.2, 0) is 16.6 Å². The molecule has 0 fully saturated rings. The second-order valence-corrected chi connectivity index (χ2v) is 5.63. The van der Waals surface area contributed by atoms with Crippen LogP contribution in [0.15, 0.2) is 47.6 Å². The van der Waals surface area contributed by atoms with Crippen molar-refractivity contribution >= 4 is 15.7 Å². The van der Waals surface area contributed by atoms with E-state index in [2.05, 4.69) is 15.0 Å². The average Bonchev–Trinajstić information content (AvgIpc) is 2.90. The van der Waals surface area contributed by atoms with E-state index in [1.165, 1.54) is 7.05 Å². The average molecular weight is 265 g/mol. The predicted molar refractivity (Wildman–Crippen MR) is 70.8 cm³/mol. The largest absolute Gasteiger partial charge is 0.380 e. The van der Waals surface area contributed by atoms with Gasteiger partial charge in [-0.25, -0.2) is 13.1 Å². The Kier molecular flexibility index (Phi) is 3.69. The summed E-state index contributed by atoms with van der Waals surface area (Å²) in [4.78, 5) is 3.20. The zero-order valence-corrected chi connectivity index (χ0v) is 10.8. The van der Waals surface area contributed by atoms with E-state index in [1.807, 2.05) is 18.5 Å². The Bertz CT molecular complexity index is 606. The molecule has 18 heavy (non-hydrogen) atoms. The third-order valence-electron chi connectivity index (χ3n) is 2.59. The summed E-state index contributed by atoms with van der Waals surface area (Å²) in [5, 5.41) is 3.12. The zero-order chi connectivity index (χ0) is 13.0. The van der Waals surface area contributed by atoms with Crippen LogP contribution in [0.4, 0.5) is 5.69 Å². The van der Waals surface area contributed by atoms with Gasteiger partial charge in [-0.2, -0.15) is 0 Å². The van der Waals surface area contributed by atoms with Crippen LogP contribution in [0.2, 0.25) is 0 Å². The number of aromatic amines is 1. The normalized spacial score (nSPS) is 11.4. The highest BCUT2D eigenvalue weighted by molar-refractivity contribution is 7.89. The fraction of sp³-hybridized carbons (Fsp3) is 0.167. The molecule has 0 aliphatic carbocycles. The summed E-state index contributed by atoms with van der Waals surface area (Å²) in [6.45, 7) is 0.569. The molecule has 96 valence electrons. The lowest BCUT2D eigenvalue weighted by Crippen LogP contribution is -2.20. The number of hydrogen-bond donors (Lipinski definition) is 3. The van der Waals surface area contributed by atoms with E-state index in [4.69, 9.17) is 0 Å². The van der Waals surface area contributed by atoms with Gasteiger partial charge in [0.15, 0.2) is 0 Å². The molecule has 2 rings (SSSR count). The van der Waals surface area contributed by atoms with Crippen molar-refractivity contribution in [2.75, 3.05) is 12.4 Å². The molecule has 0 atom stereocenters. The van der Waals surface area contributed by atoms with Crippen LogP contribution >= 0.6 is 0 Å². The number of rotatable bonds is 5. The van der Waals surface area contributed by atoms with Crippen molar-refractivity contribution in [3.63, 3.8) is 0 Å². The van der Waals surface area contributed by atoms with Crippen molar-refractivity contribution in [1.29, 1.82) is 0 Å². The molecule has 1 aromatic heterocycles. The molecule has 0 radical (unpaired) electrons. The highest BCUT2D eigenvalue weighted by Gasteiger charge is 2.15. The van der Waals surface area contributed by atoms with Crippen LogP contribution in [0, 0.1) is 0 Å². The minimum Gasteiger partial charge on any atom is -0.380 e. The Morgan fingerprint density at radius 1 is 1.22 bits per heavy atom. The Hall–Kier alpha value is -1.79. The number of aromatic nitrogens is 1. The maximum Gasteiger partial charge on any atom is 0.242 e. The molecule has 1 aromatic carbocycles. The molecule has 0 unspecified atom stereocenters. The summed E-state index contributed by atoms with van der Waals surface area (Å²) in [6.07, 6.45) is 3.69. The molecule has 2 aromatic rings. The molecule has 3 N–H and O–H groups in total. The molecular weight excluding hydrogens is 250 g/mol. The lowest BCUT2D eigenvalue weighted by atomic mass is 10.3. The topological polar surface area (TPSA) is 74.0 Å². The maximum absolute atomic E-state index is 11.8. The van der Waals surface area contributed by atoms with Crippen LogP contribution in [0.1, 0.15) is 5.56 Å². The van der Waals surface area contributed by atoms with Gasteiger partial charge in [0, 0.05) is 18.9 Å². The SMILES string of the molecule is CNS(=O)(=O)c1ccccc1NCc1cc[nH]c1. The summed E-state index contributed by atoms with van der Waals surface area (Å²) in [5.74, 6) is 0. The number of para-hydroxylation sites is 1. The summed E-state index contributed by atoms with van der Waals surface area (Å²) in [6, 6.07) is 8.75. The second-order valence-electron chi connectivity index (χ2n) is 3.78. The minimum atomic E-state index is -3.44. The molecule has 6 heteroatoms. The maximum atomic E-state index is 11.8. The lowest BCUT2D eigenvalue weighted by molar-refractivity contribution is 0.588. The van der Waals surface area contributed by atoms with Crippen LogP contribution < -0.4 is 10.0 Å². The van der Waals surface area contributed by atoms with E-state index in [9.17, 15) is 8.42 Å². The van der Waals surface area contributed by atoms with Gasteiger partial charge < -0.3 is 10.3 Å². The molecule has 5 nitrogen and oxygen atoms in total. The fourth-order valence-corrected chi connectivity index (χ4v) is 2.53. The number of H-pyrrole nitrogens is 1. The van der Waals surface area contributed by atoms with Gasteiger partial charge in [0.2, 0.25) is 10.0 Å². The van der Waals surface area contributed by atoms with Crippen molar-refractivity contribution < 1.29 is 8.42 Å². The van der Waals surface area contributed by atoms with Gasteiger partial charge in [-0.1, -0.05) is 12.1 Å². The van der Waals surface area contributed by atoms with Gasteiger partial charge in [-0.3, -0.25) is 0 Å². The molecule has 0 aliphatic heterocycles. The summed E-state index contributed by atoms with van der Waals surface area (Å²) < 4.78 is 26.0. The smallest absolute Gasteiger partial charge is 0.242 e. The van der Waals surface area contributed by atoms with Crippen molar-refractivity contribution in [3.05, 3.63) is 48.3 Å². The van der Waals surface area contributed by atoms with E-state index in [0.29, 0.717) is 12.2 Å². The van der Waals surface area contributed by atoms with E-state index in [-0.39, 0.29) is 4.90 Å². The van der Waals surface area contributed by atoms with Crippen LogP contribution in [0.5, 0.6) is 0 Å². The zero-order valence-electron chi connectivity index (χ0n) is 9.97. The van der Waals surface area contributed by atoms with Gasteiger partial charge in [0.25, 0.3) is 0 Å². The van der Waals surface area contributed by atoms with Crippen LogP contribution in [0.3, 0.4) is 0 Å². The first kappa shape index (κ1) is 12.7. The van der Waals surface area contributed by atoms with E-state index in [1.54, 1.807) is 24.3 Å². The quantitative estimate of drug-likeness (QED) is 0.767. The van der Waals surface area contributed by atoms with Gasteiger partial charge in [0.1, 0.15) is 4.90 Å². The number of hydrogen-bond acceptors (Lipinski definition) is 3. The molecule has 0 spiro atoms. The highest BCUT2D eigenvalue weighted by Crippen LogP contribution is 2.20. The Morgan fingerprint density at radius 3 is 2.67 bits per heavy atom. The second kappa shape index (κ2) is 5.24. The van der Waals surface area contributed by atoms with Crippen molar-refractivity contribution in [1.82, 2.24) is 9.71 Å². The highest BCUT2D eigenvalue weighted by atomic mass is 32.2. The van der Waals surface area contributed by atoms with Gasteiger partial charge in [0.05, 0.1) is 5.69 Å². The fourth-order valence-electron chi connectivity index (χ4n) is 1.62. The molecule has 0 bridgehead atoms. The third kappa shape index (κ3) is 2.72. The van der Waals surface area contributed by atoms with E-state index in [0.717, 1.165) is 5.56 Å². The standard InChI is InChI=1S/C12H15N3O2S/c1-13-18(16,17)12-5-3-2-4-11(12)15-9-10-6-7-14-8-10/h2-8,13-15H,9H2,1H3. The summed E-state index contributed by atoms with van der Waals surface area (Å²) in [5.41, 5.74) is 1.65. The molecule has 0 aliphatic rings. The molecule has 0 amide bonds. The van der Waals surface area contributed by atoms with Crippen molar-refractivity contribution in [2.24, 2.45) is 0 Å². The lowest BCUT2D eigenvalue weighted by Gasteiger charge is -2.11. The summed E-state index contributed by atoms with van der Waals surface area (Å²) >= 11 is 0. The molecule has 0 saturated carbocycles. The number of anilines is 1. The van der Waals surface area contributed by atoms with Crippen LogP contribution in [-0.4, -0.2) is 20.4 Å². The molecule has 0 saturated heterocycles. The van der Waals surface area contributed by atoms with Crippen molar-refractivity contribution in [2.45, 2.75) is 11.4 Å². The minimum absolute atomic E-state index is 0.253. The van der Waals surface area contributed by atoms with E-state index >= 15 is 0 Å². The van der Waals surface area contributed by atoms with Crippen molar-refractivity contribution in [3.8, 4) is 0 Å². The third-order valence-corrected chi connectivity index (χ3v) is 4.06. The van der Waals surface area contributed by atoms with Gasteiger partial charge in [-0.15, -0.1) is 0 Å². The Morgan fingerprint density at radius 2 is 2.00 bits per heavy atom. The number of sulfonamides is 1.